The third kappa shape index (κ3) is 11.2. The zero-order valence-electron chi connectivity index (χ0n) is 21.3. The Hall–Kier alpha value is -2.50. The number of carbonyl (C=O) groups is 3. The van der Waals surface area contributed by atoms with Crippen molar-refractivity contribution in [3.8, 4) is 11.2 Å². The molecule has 7 nitrogen and oxygen atoms in total. The van der Waals surface area contributed by atoms with E-state index in [2.05, 4.69) is 21.4 Å². The van der Waals surface area contributed by atoms with E-state index in [0.29, 0.717) is 12.2 Å². The van der Waals surface area contributed by atoms with E-state index in [-0.39, 0.29) is 17.9 Å². The van der Waals surface area contributed by atoms with Crippen LogP contribution in [-0.2, 0) is 23.9 Å². The van der Waals surface area contributed by atoms with Crippen LogP contribution in [0.15, 0.2) is 30.3 Å². The van der Waals surface area contributed by atoms with Crippen LogP contribution < -0.4 is 5.32 Å². The normalized spacial score (nSPS) is 16.6. The summed E-state index contributed by atoms with van der Waals surface area (Å²) in [4.78, 5) is 39.2. The minimum absolute atomic E-state index is 0.150. The van der Waals surface area contributed by atoms with Crippen LogP contribution in [-0.4, -0.2) is 66.4 Å². The molecule has 0 unspecified atom stereocenters. The topological polar surface area (TPSA) is 84.9 Å². The Morgan fingerprint density at radius 1 is 1.17 bits per heavy atom. The van der Waals surface area contributed by atoms with E-state index in [9.17, 15) is 14.4 Å². The smallest absolute Gasteiger partial charge is 0.329 e. The van der Waals surface area contributed by atoms with Gasteiger partial charge in [0.2, 0.25) is 5.91 Å². The van der Waals surface area contributed by atoms with Crippen LogP contribution in [0.2, 0.25) is 0 Å². The van der Waals surface area contributed by atoms with Crippen molar-refractivity contribution in [2.24, 2.45) is 0 Å². The summed E-state index contributed by atoms with van der Waals surface area (Å²) in [5, 5.41) is 5.86. The fourth-order valence-corrected chi connectivity index (χ4v) is 4.52. The molecule has 1 amide bonds. The molecule has 0 saturated carbocycles. The summed E-state index contributed by atoms with van der Waals surface area (Å²) in [5.41, 5.74) is 0.439. The van der Waals surface area contributed by atoms with Gasteiger partial charge in [0.05, 0.1) is 13.2 Å². The van der Waals surface area contributed by atoms with Crippen molar-refractivity contribution in [2.75, 3.05) is 26.0 Å². The fraction of sp³-hybridized carbons (Fsp3) is 0.593. The van der Waals surface area contributed by atoms with Crippen molar-refractivity contribution in [2.45, 2.75) is 77.0 Å². The van der Waals surface area contributed by atoms with Crippen molar-refractivity contribution >= 4 is 29.6 Å². The first-order valence-electron chi connectivity index (χ1n) is 12.2. The largest absolute Gasteiger partial charge is 0.467 e. The highest BCUT2D eigenvalue weighted by Gasteiger charge is 2.33. The molecule has 0 aliphatic carbocycles. The number of nitrogens with zero attached hydrogens (tertiary/aromatic N) is 1. The summed E-state index contributed by atoms with van der Waals surface area (Å²) >= 11 is 1.28. The van der Waals surface area contributed by atoms with Crippen LogP contribution in [0, 0.1) is 11.2 Å². The van der Waals surface area contributed by atoms with Crippen LogP contribution >= 0.6 is 11.8 Å². The van der Waals surface area contributed by atoms with Gasteiger partial charge >= 0.3 is 11.9 Å². The molecule has 0 bridgehead atoms. The molecular formula is C27H38N2O5S. The van der Waals surface area contributed by atoms with Gasteiger partial charge < -0.3 is 14.8 Å². The maximum Gasteiger partial charge on any atom is 0.329 e. The highest BCUT2D eigenvalue weighted by atomic mass is 32.2. The Labute approximate surface area is 213 Å². The van der Waals surface area contributed by atoms with Crippen molar-refractivity contribution in [3.05, 3.63) is 35.9 Å². The van der Waals surface area contributed by atoms with Crippen LogP contribution in [0.5, 0.6) is 0 Å². The highest BCUT2D eigenvalue weighted by molar-refractivity contribution is 8.03. The number of thioether (sulfide) groups is 1. The Balaban J connectivity index is 1.78. The Bertz CT molecular complexity index is 888. The summed E-state index contributed by atoms with van der Waals surface area (Å²) < 4.78 is 10.2. The number of carbonyl (C=O) groups excluding carboxylic acids is 3. The standard InChI is InChI=1S/C27H38N2O5S/c1-27(2,3)34-24(30)15-9-6-10-17-29-18-11-14-23(29)25(31)28-22(26(32)33-4)20-35-19-16-21-12-7-5-8-13-21/h5,7-8,12-13,22-23H,6,9-11,14-15,17-18,20H2,1-4H3,(H,28,31)/t22-,23-/m0/s1. The molecule has 1 fully saturated rings. The molecule has 1 N–H and O–H groups in total. The average molecular weight is 503 g/mol. The number of nitrogens with one attached hydrogen (secondary N) is 1. The van der Waals surface area contributed by atoms with Gasteiger partial charge in [-0.3, -0.25) is 14.5 Å². The number of ether oxygens (including phenoxy) is 2. The molecule has 0 aromatic heterocycles. The molecule has 192 valence electrons. The number of amides is 1. The number of benzene rings is 1. The van der Waals surface area contributed by atoms with Crippen LogP contribution in [0.4, 0.5) is 0 Å². The molecule has 1 saturated heterocycles. The second-order valence-electron chi connectivity index (χ2n) is 9.58. The van der Waals surface area contributed by atoms with E-state index in [1.54, 1.807) is 0 Å². The van der Waals surface area contributed by atoms with E-state index in [1.165, 1.54) is 18.9 Å². The molecule has 1 heterocycles. The van der Waals surface area contributed by atoms with Gasteiger partial charge in [0.15, 0.2) is 0 Å². The number of hydrogen-bond acceptors (Lipinski definition) is 7. The summed E-state index contributed by atoms with van der Waals surface area (Å²) in [7, 11) is 1.32. The SMILES string of the molecule is COC(=O)[C@H](CSC#Cc1ccccc1)NC(=O)[C@@H]1CCCN1CCCCCC(=O)OC(C)(C)C. The summed E-state index contributed by atoms with van der Waals surface area (Å²) in [5.74, 6) is 2.56. The second kappa shape index (κ2) is 14.8. The molecule has 0 radical (unpaired) electrons. The number of hydrogen-bond donors (Lipinski definition) is 1. The average Bonchev–Trinajstić information content (AvgIpc) is 3.28. The minimum atomic E-state index is -0.751. The number of unbranched alkanes of at least 4 members (excludes halogenated alkanes) is 2. The predicted molar refractivity (Wildman–Crippen MR) is 139 cm³/mol. The molecule has 1 aliphatic rings. The Morgan fingerprint density at radius 3 is 2.60 bits per heavy atom. The van der Waals surface area contributed by atoms with E-state index in [1.807, 2.05) is 51.1 Å². The second-order valence-corrected chi connectivity index (χ2v) is 10.4. The lowest BCUT2D eigenvalue weighted by atomic mass is 10.1. The van der Waals surface area contributed by atoms with Gasteiger partial charge in [0.1, 0.15) is 11.6 Å². The van der Waals surface area contributed by atoms with Crippen LogP contribution in [0.25, 0.3) is 0 Å². The summed E-state index contributed by atoms with van der Waals surface area (Å²) in [6.45, 7) is 7.23. The highest BCUT2D eigenvalue weighted by Crippen LogP contribution is 2.19. The first-order valence-corrected chi connectivity index (χ1v) is 13.2. The Kier molecular flexibility index (Phi) is 12.1. The van der Waals surface area contributed by atoms with Gasteiger partial charge in [-0.25, -0.2) is 4.79 Å². The summed E-state index contributed by atoms with van der Waals surface area (Å²) in [6, 6.07) is 8.59. The molecule has 2 atom stereocenters. The quantitative estimate of drug-likeness (QED) is 0.280. The molecule has 1 aliphatic heterocycles. The third-order valence-corrected chi connectivity index (χ3v) is 6.25. The molecule has 8 heteroatoms. The van der Waals surface area contributed by atoms with Gasteiger partial charge in [-0.2, -0.15) is 0 Å². The number of esters is 2. The van der Waals surface area contributed by atoms with Crippen molar-refractivity contribution < 1.29 is 23.9 Å². The molecular weight excluding hydrogens is 464 g/mol. The monoisotopic (exact) mass is 502 g/mol. The maximum atomic E-state index is 13.0. The van der Waals surface area contributed by atoms with E-state index in [0.717, 1.165) is 50.8 Å². The molecule has 2 rings (SSSR count). The van der Waals surface area contributed by atoms with Crippen molar-refractivity contribution in [3.63, 3.8) is 0 Å². The minimum Gasteiger partial charge on any atom is -0.467 e. The van der Waals surface area contributed by atoms with Crippen molar-refractivity contribution in [1.82, 2.24) is 10.2 Å². The molecule has 1 aromatic carbocycles. The lowest BCUT2D eigenvalue weighted by molar-refractivity contribution is -0.155. The van der Waals surface area contributed by atoms with E-state index < -0.39 is 17.6 Å². The van der Waals surface area contributed by atoms with Gasteiger partial charge in [-0.1, -0.05) is 42.3 Å². The first kappa shape index (κ1) is 28.7. The van der Waals surface area contributed by atoms with Crippen LogP contribution in [0.1, 0.15) is 64.9 Å². The predicted octanol–water partition coefficient (Wildman–Crippen LogP) is 3.75. The molecule has 0 spiro atoms. The summed E-state index contributed by atoms with van der Waals surface area (Å²) in [6.07, 6.45) is 4.68. The van der Waals surface area contributed by atoms with E-state index >= 15 is 0 Å². The molecule has 35 heavy (non-hydrogen) atoms. The molecule has 1 aromatic rings. The van der Waals surface area contributed by atoms with Crippen molar-refractivity contribution in [1.29, 1.82) is 0 Å². The maximum absolute atomic E-state index is 13.0. The van der Waals surface area contributed by atoms with Crippen LogP contribution in [0.3, 0.4) is 0 Å². The lowest BCUT2D eigenvalue weighted by Crippen LogP contribution is -2.50. The van der Waals surface area contributed by atoms with Gasteiger partial charge in [-0.05, 0) is 76.9 Å². The van der Waals surface area contributed by atoms with Gasteiger partial charge in [0, 0.05) is 17.7 Å². The fourth-order valence-electron chi connectivity index (χ4n) is 3.86. The number of methoxy groups -OCH3 is 1. The third-order valence-electron chi connectivity index (χ3n) is 5.51. The lowest BCUT2D eigenvalue weighted by Gasteiger charge is -2.25. The number of likely N-dealkylation sites (tertiary alicyclic amines) is 1. The zero-order chi connectivity index (χ0) is 25.7. The van der Waals surface area contributed by atoms with E-state index in [4.69, 9.17) is 9.47 Å². The number of rotatable bonds is 11. The van der Waals surface area contributed by atoms with Gasteiger partial charge in [-0.15, -0.1) is 0 Å². The Morgan fingerprint density at radius 2 is 1.91 bits per heavy atom. The first-order chi connectivity index (χ1) is 16.7. The zero-order valence-corrected chi connectivity index (χ0v) is 22.1. The van der Waals surface area contributed by atoms with Gasteiger partial charge in [0.25, 0.3) is 0 Å².